The van der Waals surface area contributed by atoms with Gasteiger partial charge in [0, 0.05) is 11.3 Å². The van der Waals surface area contributed by atoms with Gasteiger partial charge in [-0.05, 0) is 24.1 Å². The highest BCUT2D eigenvalue weighted by molar-refractivity contribution is 5.79. The van der Waals surface area contributed by atoms with Crippen LogP contribution in [0.5, 0.6) is 0 Å². The second-order valence-corrected chi connectivity index (χ2v) is 4.27. The van der Waals surface area contributed by atoms with Gasteiger partial charge in [-0.2, -0.15) is 0 Å². The van der Waals surface area contributed by atoms with E-state index in [1.54, 1.807) is 6.92 Å². The summed E-state index contributed by atoms with van der Waals surface area (Å²) in [5.74, 6) is -0.227. The minimum Gasteiger partial charge on any atom is -0.466 e. The first-order chi connectivity index (χ1) is 9.20. The molecule has 3 heteroatoms. The molecule has 0 bridgehead atoms. The molecular weight excluding hydrogens is 238 g/mol. The zero-order valence-corrected chi connectivity index (χ0v) is 10.9. The molecule has 0 saturated heterocycles. The number of hydrogen-bond acceptors (Lipinski definition) is 3. The summed E-state index contributed by atoms with van der Waals surface area (Å²) in [4.78, 5) is 11.4. The molecule has 0 atom stereocenters. The number of carbonyl (C=O) groups excluding carboxylic acids is 1. The summed E-state index contributed by atoms with van der Waals surface area (Å²) in [7, 11) is 0. The number of anilines is 1. The lowest BCUT2D eigenvalue weighted by molar-refractivity contribution is -0.142. The molecule has 0 aliphatic heterocycles. The van der Waals surface area contributed by atoms with Crippen molar-refractivity contribution in [2.45, 2.75) is 13.3 Å². The van der Waals surface area contributed by atoms with Gasteiger partial charge in [0.25, 0.3) is 0 Å². The van der Waals surface area contributed by atoms with Gasteiger partial charge in [-0.15, -0.1) is 0 Å². The van der Waals surface area contributed by atoms with Crippen molar-refractivity contribution >= 4 is 11.7 Å². The van der Waals surface area contributed by atoms with E-state index in [0.29, 0.717) is 12.3 Å². The number of esters is 1. The first-order valence-corrected chi connectivity index (χ1v) is 6.30. The van der Waals surface area contributed by atoms with Crippen LogP contribution in [0, 0.1) is 0 Å². The van der Waals surface area contributed by atoms with Crippen LogP contribution >= 0.6 is 0 Å². The van der Waals surface area contributed by atoms with E-state index in [1.807, 2.05) is 48.5 Å². The average Bonchev–Trinajstić information content (AvgIpc) is 2.40. The molecule has 0 aliphatic carbocycles. The molecule has 3 nitrogen and oxygen atoms in total. The number of rotatable bonds is 4. The standard InChI is InChI=1S/C16H17NO2/c1-2-19-16(18)11-12-8-9-14(15(17)10-12)13-6-4-3-5-7-13/h3-10H,2,11,17H2,1H3. The molecule has 98 valence electrons. The average molecular weight is 255 g/mol. The fourth-order valence-corrected chi connectivity index (χ4v) is 1.98. The summed E-state index contributed by atoms with van der Waals surface area (Å²) < 4.78 is 4.92. The van der Waals surface area contributed by atoms with E-state index in [1.165, 1.54) is 0 Å². The van der Waals surface area contributed by atoms with Crippen molar-refractivity contribution in [2.24, 2.45) is 0 Å². The Balaban J connectivity index is 2.20. The van der Waals surface area contributed by atoms with E-state index in [0.717, 1.165) is 16.7 Å². The molecule has 0 saturated carbocycles. The van der Waals surface area contributed by atoms with Crippen LogP contribution in [-0.4, -0.2) is 12.6 Å². The quantitative estimate of drug-likeness (QED) is 0.675. The summed E-state index contributed by atoms with van der Waals surface area (Å²) in [6, 6.07) is 15.6. The Hall–Kier alpha value is -2.29. The monoisotopic (exact) mass is 255 g/mol. The predicted octanol–water partition coefficient (Wildman–Crippen LogP) is 3.04. The molecule has 19 heavy (non-hydrogen) atoms. The smallest absolute Gasteiger partial charge is 0.310 e. The highest BCUT2D eigenvalue weighted by atomic mass is 16.5. The Morgan fingerprint density at radius 3 is 2.53 bits per heavy atom. The summed E-state index contributed by atoms with van der Waals surface area (Å²) in [5, 5.41) is 0. The van der Waals surface area contributed by atoms with Gasteiger partial charge in [-0.25, -0.2) is 0 Å². The Morgan fingerprint density at radius 2 is 1.89 bits per heavy atom. The lowest BCUT2D eigenvalue weighted by Crippen LogP contribution is -2.07. The zero-order valence-electron chi connectivity index (χ0n) is 10.9. The van der Waals surface area contributed by atoms with E-state index in [4.69, 9.17) is 10.5 Å². The summed E-state index contributed by atoms with van der Waals surface area (Å²) in [6.45, 7) is 2.20. The summed E-state index contributed by atoms with van der Waals surface area (Å²) in [6.07, 6.45) is 0.257. The van der Waals surface area contributed by atoms with Crippen LogP contribution in [0.3, 0.4) is 0 Å². The van der Waals surface area contributed by atoms with Gasteiger partial charge in [-0.3, -0.25) is 4.79 Å². The van der Waals surface area contributed by atoms with Gasteiger partial charge in [-0.1, -0.05) is 42.5 Å². The van der Waals surface area contributed by atoms with Crippen LogP contribution in [-0.2, 0) is 16.0 Å². The molecule has 2 aromatic carbocycles. The van der Waals surface area contributed by atoms with Crippen LogP contribution in [0.15, 0.2) is 48.5 Å². The number of nitrogens with two attached hydrogens (primary N) is 1. The van der Waals surface area contributed by atoms with Crippen LogP contribution < -0.4 is 5.73 Å². The van der Waals surface area contributed by atoms with E-state index >= 15 is 0 Å². The van der Waals surface area contributed by atoms with Crippen molar-refractivity contribution in [1.82, 2.24) is 0 Å². The van der Waals surface area contributed by atoms with Gasteiger partial charge in [0.15, 0.2) is 0 Å². The Kier molecular flexibility index (Phi) is 4.18. The van der Waals surface area contributed by atoms with Crippen molar-refractivity contribution in [3.8, 4) is 11.1 Å². The highest BCUT2D eigenvalue weighted by Crippen LogP contribution is 2.26. The first-order valence-electron chi connectivity index (χ1n) is 6.30. The molecule has 0 heterocycles. The van der Waals surface area contributed by atoms with Gasteiger partial charge in [0.05, 0.1) is 13.0 Å². The SMILES string of the molecule is CCOC(=O)Cc1ccc(-c2ccccc2)c(N)c1. The van der Waals surface area contributed by atoms with Crippen LogP contribution in [0.2, 0.25) is 0 Å². The van der Waals surface area contributed by atoms with Gasteiger partial charge in [0.2, 0.25) is 0 Å². The van der Waals surface area contributed by atoms with Crippen molar-refractivity contribution in [2.75, 3.05) is 12.3 Å². The van der Waals surface area contributed by atoms with Gasteiger partial charge >= 0.3 is 5.97 Å². The Bertz CT molecular complexity index is 564. The third-order valence-electron chi connectivity index (χ3n) is 2.85. The molecule has 0 aliphatic rings. The second kappa shape index (κ2) is 6.05. The van der Waals surface area contributed by atoms with Crippen molar-refractivity contribution < 1.29 is 9.53 Å². The molecule has 2 rings (SSSR count). The molecule has 0 fully saturated rings. The molecule has 0 radical (unpaired) electrons. The number of ether oxygens (including phenoxy) is 1. The largest absolute Gasteiger partial charge is 0.466 e. The lowest BCUT2D eigenvalue weighted by Gasteiger charge is -2.08. The number of benzene rings is 2. The second-order valence-electron chi connectivity index (χ2n) is 4.27. The van der Waals surface area contributed by atoms with Crippen molar-refractivity contribution in [3.05, 3.63) is 54.1 Å². The van der Waals surface area contributed by atoms with E-state index < -0.39 is 0 Å². The van der Waals surface area contributed by atoms with Crippen molar-refractivity contribution in [3.63, 3.8) is 0 Å². The third-order valence-corrected chi connectivity index (χ3v) is 2.85. The van der Waals surface area contributed by atoms with Crippen LogP contribution in [0.25, 0.3) is 11.1 Å². The van der Waals surface area contributed by atoms with Crippen LogP contribution in [0.1, 0.15) is 12.5 Å². The molecule has 0 amide bonds. The molecule has 2 N–H and O–H groups in total. The highest BCUT2D eigenvalue weighted by Gasteiger charge is 2.07. The predicted molar refractivity (Wildman–Crippen MR) is 76.6 cm³/mol. The van der Waals surface area contributed by atoms with Crippen LogP contribution in [0.4, 0.5) is 5.69 Å². The van der Waals surface area contributed by atoms with Gasteiger partial charge < -0.3 is 10.5 Å². The number of nitrogen functional groups attached to an aromatic ring is 1. The lowest BCUT2D eigenvalue weighted by atomic mass is 10.0. The third kappa shape index (κ3) is 3.35. The molecule has 0 aromatic heterocycles. The van der Waals surface area contributed by atoms with Crippen molar-refractivity contribution in [1.29, 1.82) is 0 Å². The minimum absolute atomic E-state index is 0.227. The summed E-state index contributed by atoms with van der Waals surface area (Å²) >= 11 is 0. The Morgan fingerprint density at radius 1 is 1.16 bits per heavy atom. The molecule has 0 unspecified atom stereocenters. The maximum absolute atomic E-state index is 11.4. The molecular formula is C16H17NO2. The normalized spacial score (nSPS) is 10.2. The minimum atomic E-state index is -0.227. The molecule has 2 aromatic rings. The topological polar surface area (TPSA) is 52.3 Å². The maximum Gasteiger partial charge on any atom is 0.310 e. The first kappa shape index (κ1) is 13.1. The van der Waals surface area contributed by atoms with E-state index in [2.05, 4.69) is 0 Å². The van der Waals surface area contributed by atoms with E-state index in [9.17, 15) is 4.79 Å². The zero-order chi connectivity index (χ0) is 13.7. The molecule has 0 spiro atoms. The van der Waals surface area contributed by atoms with E-state index in [-0.39, 0.29) is 12.4 Å². The fourth-order valence-electron chi connectivity index (χ4n) is 1.98. The fraction of sp³-hybridized carbons (Fsp3) is 0.188. The number of carbonyl (C=O) groups is 1. The maximum atomic E-state index is 11.4. The number of hydrogen-bond donors (Lipinski definition) is 1. The van der Waals surface area contributed by atoms with Gasteiger partial charge in [0.1, 0.15) is 0 Å². The summed E-state index contributed by atoms with van der Waals surface area (Å²) in [5.41, 5.74) is 9.65. The Labute approximate surface area is 113 Å².